The Morgan fingerprint density at radius 3 is 2.12 bits per heavy atom. The second kappa shape index (κ2) is 23.1. The van der Waals surface area contributed by atoms with Gasteiger partial charge >= 0.3 is 5.97 Å². The molecule has 0 saturated carbocycles. The molecule has 1 aliphatic heterocycles. The van der Waals surface area contributed by atoms with Crippen LogP contribution in [0.1, 0.15) is 99.7 Å². The number of hydrogen-bond donors (Lipinski definition) is 4. The number of rotatable bonds is 18. The van der Waals surface area contributed by atoms with Gasteiger partial charge in [-0.15, -0.1) is 0 Å². The maximum Gasteiger partial charge on any atom is 0.306 e. The van der Waals surface area contributed by atoms with Crippen LogP contribution in [0.2, 0.25) is 5.02 Å². The Hall–Kier alpha value is -6.18. The Kier molecular flexibility index (Phi) is 17.7. The highest BCUT2D eigenvalue weighted by atomic mass is 35.5. The lowest BCUT2D eigenvalue weighted by atomic mass is 9.87. The molecule has 0 aromatic heterocycles. The van der Waals surface area contributed by atoms with Crippen LogP contribution in [0.4, 0.5) is 0 Å². The van der Waals surface area contributed by atoms with E-state index in [-0.39, 0.29) is 79.3 Å². The summed E-state index contributed by atoms with van der Waals surface area (Å²) in [6.07, 6.45) is 0.407. The molecule has 0 spiro atoms. The number of likely N-dealkylation sites (N-methyl/N-ethyl adjacent to an activating group) is 1. The molecular formula is C51H58ClN3O10. The third-order valence-corrected chi connectivity index (χ3v) is 12.2. The summed E-state index contributed by atoms with van der Waals surface area (Å²) < 4.78 is 4.92. The second-order valence-corrected chi connectivity index (χ2v) is 17.3. The van der Waals surface area contributed by atoms with Crippen LogP contribution in [0.5, 0.6) is 11.5 Å². The number of ether oxygens (including phenoxy) is 1. The van der Waals surface area contributed by atoms with Crippen molar-refractivity contribution in [1.29, 1.82) is 0 Å². The van der Waals surface area contributed by atoms with Gasteiger partial charge in [-0.2, -0.15) is 0 Å². The highest BCUT2D eigenvalue weighted by Gasteiger charge is 2.36. The first-order valence-electron chi connectivity index (χ1n) is 22.1. The standard InChI is InChI=1S/C51H58ClN3O10/c1-5-65-48(62)22-21-42(56)30(2)24-46(60)41-27-32-9-19-43(57)39(26-32)40-28-36(16-20-44(40)58)49(47(61)25-31(3)50(63)54-41)55(4)51(64)37(8-6-7-23-53)29-45(59)35-12-10-33(11-13-35)34-14-17-38(52)18-15-34/h9-20,26,28,30-31,37,41,49,57-58H,5-8,21-25,27,29,53H2,1-4H3,(H,54,63)/t30-,31-,37-,41+,49+/m1/s1. The number of Topliss-reactive ketones (excluding diaryl/α,β-unsaturated/α-hetero) is 4. The van der Waals surface area contributed by atoms with Crippen LogP contribution in [-0.4, -0.2) is 82.3 Å². The fourth-order valence-electron chi connectivity index (χ4n) is 8.15. The van der Waals surface area contributed by atoms with Gasteiger partial charge in [0.15, 0.2) is 17.3 Å². The van der Waals surface area contributed by atoms with Gasteiger partial charge in [0.2, 0.25) is 11.8 Å². The number of halogens is 1. The smallest absolute Gasteiger partial charge is 0.306 e. The summed E-state index contributed by atoms with van der Waals surface area (Å²) in [7, 11) is 1.47. The molecule has 5 atom stereocenters. The molecule has 1 heterocycles. The first-order chi connectivity index (χ1) is 31.0. The van der Waals surface area contributed by atoms with E-state index in [1.54, 1.807) is 50.2 Å². The number of carbonyl (C=O) groups is 7. The molecule has 4 aromatic carbocycles. The molecule has 5 N–H and O–H groups in total. The Bertz CT molecular complexity index is 2380. The number of amides is 2. The average Bonchev–Trinajstić information content (AvgIpc) is 3.28. The van der Waals surface area contributed by atoms with E-state index in [9.17, 15) is 43.8 Å². The van der Waals surface area contributed by atoms with E-state index >= 15 is 0 Å². The molecule has 65 heavy (non-hydrogen) atoms. The fourth-order valence-corrected chi connectivity index (χ4v) is 8.28. The maximum atomic E-state index is 14.7. The topological polar surface area (TPSA) is 210 Å². The van der Waals surface area contributed by atoms with Gasteiger partial charge in [-0.3, -0.25) is 33.6 Å². The number of nitrogens with zero attached hydrogens (tertiary/aromatic N) is 1. The van der Waals surface area contributed by atoms with Gasteiger partial charge in [-0.1, -0.05) is 80.4 Å². The Morgan fingerprint density at radius 2 is 1.48 bits per heavy atom. The minimum absolute atomic E-state index is 0.0423. The van der Waals surface area contributed by atoms with Crippen molar-refractivity contribution in [2.75, 3.05) is 20.2 Å². The number of ketones is 4. The summed E-state index contributed by atoms with van der Waals surface area (Å²) in [5, 5.41) is 25.7. The van der Waals surface area contributed by atoms with E-state index in [2.05, 4.69) is 5.32 Å². The summed E-state index contributed by atoms with van der Waals surface area (Å²) in [6.45, 7) is 5.32. The molecular weight excluding hydrogens is 850 g/mol. The Balaban J connectivity index is 1.45. The van der Waals surface area contributed by atoms with Gasteiger partial charge in [0.05, 0.1) is 19.1 Å². The van der Waals surface area contributed by atoms with Gasteiger partial charge < -0.3 is 30.9 Å². The van der Waals surface area contributed by atoms with E-state index < -0.39 is 59.2 Å². The summed E-state index contributed by atoms with van der Waals surface area (Å²) in [4.78, 5) is 97.0. The van der Waals surface area contributed by atoms with Crippen LogP contribution in [-0.2, 0) is 39.9 Å². The molecule has 0 saturated heterocycles. The number of phenols is 2. The van der Waals surface area contributed by atoms with Crippen LogP contribution < -0.4 is 11.1 Å². The number of fused-ring (bicyclic) bond motifs is 5. The summed E-state index contributed by atoms with van der Waals surface area (Å²) in [6, 6.07) is 20.8. The van der Waals surface area contributed by atoms with Crippen LogP contribution in [0.25, 0.3) is 22.3 Å². The van der Waals surface area contributed by atoms with Crippen molar-refractivity contribution in [3.63, 3.8) is 0 Å². The van der Waals surface area contributed by atoms with Crippen molar-refractivity contribution in [2.45, 2.75) is 90.6 Å². The number of phenolic OH excluding ortho intramolecular Hbond substituents is 2. The normalized spacial score (nSPS) is 17.2. The minimum Gasteiger partial charge on any atom is -0.507 e. The van der Waals surface area contributed by atoms with Crippen LogP contribution in [0.3, 0.4) is 0 Å². The van der Waals surface area contributed by atoms with Gasteiger partial charge in [0.25, 0.3) is 0 Å². The van der Waals surface area contributed by atoms with Crippen molar-refractivity contribution in [2.24, 2.45) is 23.5 Å². The number of carbonyl (C=O) groups excluding carboxylic acids is 7. The third kappa shape index (κ3) is 13.2. The van der Waals surface area contributed by atoms with Crippen molar-refractivity contribution in [1.82, 2.24) is 10.2 Å². The molecule has 5 rings (SSSR count). The molecule has 344 valence electrons. The number of nitrogens with two attached hydrogens (primary N) is 1. The second-order valence-electron chi connectivity index (χ2n) is 16.9. The highest BCUT2D eigenvalue weighted by Crippen LogP contribution is 2.40. The van der Waals surface area contributed by atoms with Gasteiger partial charge in [-0.05, 0) is 91.4 Å². The van der Waals surface area contributed by atoms with E-state index in [4.69, 9.17) is 22.1 Å². The maximum absolute atomic E-state index is 14.7. The monoisotopic (exact) mass is 907 g/mol. The lowest BCUT2D eigenvalue weighted by Gasteiger charge is -2.32. The third-order valence-electron chi connectivity index (χ3n) is 11.9. The Morgan fingerprint density at radius 1 is 0.846 bits per heavy atom. The zero-order chi connectivity index (χ0) is 47.4. The number of esters is 1. The molecule has 2 amide bonds. The number of unbranched alkanes of at least 4 members (excludes halogenated alkanes) is 1. The molecule has 1 aliphatic rings. The number of hydrogen-bond acceptors (Lipinski definition) is 11. The highest BCUT2D eigenvalue weighted by molar-refractivity contribution is 6.30. The molecule has 14 heteroatoms. The van der Waals surface area contributed by atoms with Gasteiger partial charge in [0, 0.05) is 72.2 Å². The Labute approximate surface area is 384 Å². The van der Waals surface area contributed by atoms with Crippen LogP contribution >= 0.6 is 11.6 Å². The van der Waals surface area contributed by atoms with E-state index in [0.29, 0.717) is 47.5 Å². The SMILES string of the molecule is CCOC(=O)CCC(=O)[C@H](C)CC(=O)[C@@H]1Cc2ccc(O)c(c2)-c2cc(ccc2O)[C@H](N(C)C(=O)[C@H](CCCCN)CC(=O)c2ccc(-c3ccc(Cl)cc3)cc2)C(=O)C[C@@H](C)C(=O)N1. The summed E-state index contributed by atoms with van der Waals surface area (Å²) in [5.74, 6) is -6.26. The van der Waals surface area contributed by atoms with Crippen LogP contribution in [0.15, 0.2) is 84.9 Å². The molecule has 13 nitrogen and oxygen atoms in total. The van der Waals surface area contributed by atoms with Crippen molar-refractivity contribution in [3.8, 4) is 33.8 Å². The van der Waals surface area contributed by atoms with Gasteiger partial charge in [-0.25, -0.2) is 0 Å². The average molecular weight is 908 g/mol. The van der Waals surface area contributed by atoms with Crippen molar-refractivity contribution in [3.05, 3.63) is 107 Å². The zero-order valence-electron chi connectivity index (χ0n) is 37.3. The predicted molar refractivity (Wildman–Crippen MR) is 247 cm³/mol. The molecule has 0 aliphatic carbocycles. The predicted octanol–water partition coefficient (Wildman–Crippen LogP) is 7.75. The first-order valence-corrected chi connectivity index (χ1v) is 22.4. The van der Waals surface area contributed by atoms with Gasteiger partial charge in [0.1, 0.15) is 23.3 Å². The summed E-state index contributed by atoms with van der Waals surface area (Å²) in [5.41, 5.74) is 9.14. The zero-order valence-corrected chi connectivity index (χ0v) is 38.1. The molecule has 0 unspecified atom stereocenters. The largest absolute Gasteiger partial charge is 0.507 e. The number of aromatic hydroxyl groups is 2. The van der Waals surface area contributed by atoms with Crippen molar-refractivity contribution < 1.29 is 48.5 Å². The molecule has 0 radical (unpaired) electrons. The number of benzene rings is 4. The lowest BCUT2D eigenvalue weighted by Crippen LogP contribution is -2.46. The quantitative estimate of drug-likeness (QED) is 0.0431. The summed E-state index contributed by atoms with van der Waals surface area (Å²) >= 11 is 6.06. The fraction of sp³-hybridized carbons (Fsp3) is 0.392. The van der Waals surface area contributed by atoms with E-state index in [0.717, 1.165) is 11.1 Å². The molecule has 0 fully saturated rings. The minimum atomic E-state index is -1.30. The van der Waals surface area contributed by atoms with Crippen LogP contribution in [0, 0.1) is 17.8 Å². The molecule has 4 aromatic rings. The molecule has 4 bridgehead atoms. The van der Waals surface area contributed by atoms with Crippen molar-refractivity contribution >= 4 is 52.5 Å². The van der Waals surface area contributed by atoms with E-state index in [1.807, 2.05) is 24.3 Å². The number of nitrogens with one attached hydrogen (secondary N) is 1. The van der Waals surface area contributed by atoms with E-state index in [1.165, 1.54) is 43.1 Å². The lowest BCUT2D eigenvalue weighted by molar-refractivity contribution is -0.144. The first kappa shape index (κ1) is 49.8.